The molecular weight excluding hydrogens is 312 g/mol. The van der Waals surface area contributed by atoms with E-state index in [1.54, 1.807) is 4.57 Å². The Morgan fingerprint density at radius 2 is 2.00 bits per heavy atom. The zero-order valence-corrected chi connectivity index (χ0v) is 14.7. The van der Waals surface area contributed by atoms with Crippen molar-refractivity contribution in [2.24, 2.45) is 11.3 Å². The SMILES string of the molecule is CCn1cc(S(=O)(=O)Cl)cc1C(=O)NCC(C)C(C)(C)C. The maximum Gasteiger partial charge on any atom is 0.267 e. The minimum atomic E-state index is -3.83. The number of aromatic nitrogens is 1. The van der Waals surface area contributed by atoms with E-state index in [-0.39, 0.29) is 16.2 Å². The quantitative estimate of drug-likeness (QED) is 0.842. The van der Waals surface area contributed by atoms with E-state index in [4.69, 9.17) is 10.7 Å². The third kappa shape index (κ3) is 4.74. The van der Waals surface area contributed by atoms with E-state index in [1.165, 1.54) is 12.3 Å². The van der Waals surface area contributed by atoms with Crippen LogP contribution in [-0.4, -0.2) is 25.4 Å². The van der Waals surface area contributed by atoms with E-state index >= 15 is 0 Å². The second-order valence-corrected chi connectivity index (χ2v) is 8.83. The Balaban J connectivity index is 2.91. The molecule has 1 aromatic heterocycles. The topological polar surface area (TPSA) is 68.2 Å². The Kier molecular flexibility index (Phi) is 5.50. The van der Waals surface area contributed by atoms with Gasteiger partial charge in [0, 0.05) is 30.0 Å². The van der Waals surface area contributed by atoms with E-state index in [1.807, 2.05) is 6.92 Å². The van der Waals surface area contributed by atoms with Crippen LogP contribution in [0.15, 0.2) is 17.2 Å². The van der Waals surface area contributed by atoms with Gasteiger partial charge in [-0.15, -0.1) is 0 Å². The van der Waals surface area contributed by atoms with Crippen molar-refractivity contribution < 1.29 is 13.2 Å². The summed E-state index contributed by atoms with van der Waals surface area (Å²) in [6.07, 6.45) is 1.38. The maximum absolute atomic E-state index is 12.2. The molecule has 1 unspecified atom stereocenters. The lowest BCUT2D eigenvalue weighted by Gasteiger charge is -2.27. The van der Waals surface area contributed by atoms with Crippen molar-refractivity contribution in [2.75, 3.05) is 6.54 Å². The number of nitrogens with one attached hydrogen (secondary N) is 1. The van der Waals surface area contributed by atoms with Gasteiger partial charge in [-0.25, -0.2) is 8.42 Å². The van der Waals surface area contributed by atoms with Gasteiger partial charge in [0.15, 0.2) is 0 Å². The van der Waals surface area contributed by atoms with Crippen molar-refractivity contribution in [3.05, 3.63) is 18.0 Å². The summed E-state index contributed by atoms with van der Waals surface area (Å²) in [5.41, 5.74) is 0.392. The van der Waals surface area contributed by atoms with Crippen molar-refractivity contribution in [3.63, 3.8) is 0 Å². The molecule has 0 fully saturated rings. The van der Waals surface area contributed by atoms with E-state index in [0.29, 0.717) is 24.7 Å². The molecule has 0 spiro atoms. The van der Waals surface area contributed by atoms with Crippen LogP contribution in [0, 0.1) is 11.3 Å². The van der Waals surface area contributed by atoms with Gasteiger partial charge in [-0.3, -0.25) is 4.79 Å². The van der Waals surface area contributed by atoms with Gasteiger partial charge in [-0.1, -0.05) is 27.7 Å². The van der Waals surface area contributed by atoms with Crippen LogP contribution in [-0.2, 0) is 15.6 Å². The van der Waals surface area contributed by atoms with Crippen LogP contribution in [0.25, 0.3) is 0 Å². The summed E-state index contributed by atoms with van der Waals surface area (Å²) < 4.78 is 24.3. The predicted molar refractivity (Wildman–Crippen MR) is 84.1 cm³/mol. The maximum atomic E-state index is 12.2. The Hall–Kier alpha value is -1.01. The number of carbonyl (C=O) groups is 1. The number of carbonyl (C=O) groups excluding carboxylic acids is 1. The highest BCUT2D eigenvalue weighted by atomic mass is 35.7. The molecule has 120 valence electrons. The minimum Gasteiger partial charge on any atom is -0.350 e. The molecule has 1 rings (SSSR count). The Labute approximate surface area is 131 Å². The van der Waals surface area contributed by atoms with Crippen LogP contribution < -0.4 is 5.32 Å². The normalized spacial score (nSPS) is 14.0. The first-order valence-corrected chi connectivity index (χ1v) is 9.20. The number of rotatable bonds is 5. The van der Waals surface area contributed by atoms with Crippen LogP contribution in [0.2, 0.25) is 0 Å². The molecule has 0 bridgehead atoms. The van der Waals surface area contributed by atoms with E-state index in [9.17, 15) is 13.2 Å². The molecule has 1 heterocycles. The van der Waals surface area contributed by atoms with Crippen molar-refractivity contribution in [1.82, 2.24) is 9.88 Å². The molecule has 0 saturated heterocycles. The summed E-state index contributed by atoms with van der Waals surface area (Å²) in [7, 11) is 1.49. The van der Waals surface area contributed by atoms with Crippen molar-refractivity contribution in [2.45, 2.75) is 46.1 Å². The molecule has 0 aliphatic carbocycles. The lowest BCUT2D eigenvalue weighted by Crippen LogP contribution is -2.34. The highest BCUT2D eigenvalue weighted by Crippen LogP contribution is 2.24. The fourth-order valence-corrected chi connectivity index (χ4v) is 2.47. The first kappa shape index (κ1) is 18.0. The second-order valence-electron chi connectivity index (χ2n) is 6.26. The highest BCUT2D eigenvalue weighted by molar-refractivity contribution is 8.13. The fraction of sp³-hybridized carbons (Fsp3) is 0.643. The van der Waals surface area contributed by atoms with Gasteiger partial charge in [0.2, 0.25) is 0 Å². The first-order chi connectivity index (χ1) is 9.46. The minimum absolute atomic E-state index is 0.0555. The standard InChI is InChI=1S/C14H23ClN2O3S/c1-6-17-9-11(21(15,19)20)7-12(17)13(18)16-8-10(2)14(3,4)5/h7,9-10H,6,8H2,1-5H3,(H,16,18). The van der Waals surface area contributed by atoms with Gasteiger partial charge >= 0.3 is 0 Å². The molecule has 0 aliphatic heterocycles. The lowest BCUT2D eigenvalue weighted by molar-refractivity contribution is 0.0928. The molecule has 0 radical (unpaired) electrons. The van der Waals surface area contributed by atoms with Crippen molar-refractivity contribution >= 4 is 25.6 Å². The third-order valence-electron chi connectivity index (χ3n) is 3.77. The molecule has 1 aromatic rings. The zero-order chi connectivity index (χ0) is 16.4. The fourth-order valence-electron chi connectivity index (χ4n) is 1.71. The molecule has 1 N–H and O–H groups in total. The van der Waals surface area contributed by atoms with Gasteiger partial charge in [0.25, 0.3) is 15.0 Å². The molecule has 5 nitrogen and oxygen atoms in total. The van der Waals surface area contributed by atoms with Crippen molar-refractivity contribution in [3.8, 4) is 0 Å². The molecule has 0 aliphatic rings. The summed E-state index contributed by atoms with van der Waals surface area (Å²) in [5.74, 6) is 0.00207. The van der Waals surface area contributed by atoms with Crippen LogP contribution in [0.3, 0.4) is 0 Å². The summed E-state index contributed by atoms with van der Waals surface area (Å²) >= 11 is 0. The number of hydrogen-bond acceptors (Lipinski definition) is 3. The molecule has 1 amide bonds. The average Bonchev–Trinajstić information content (AvgIpc) is 2.78. The summed E-state index contributed by atoms with van der Waals surface area (Å²) in [6, 6.07) is 1.31. The van der Waals surface area contributed by atoms with E-state index in [0.717, 1.165) is 0 Å². The Morgan fingerprint density at radius 1 is 1.43 bits per heavy atom. The highest BCUT2D eigenvalue weighted by Gasteiger charge is 2.23. The monoisotopic (exact) mass is 334 g/mol. The number of aryl methyl sites for hydroxylation is 1. The molecule has 21 heavy (non-hydrogen) atoms. The molecule has 0 saturated carbocycles. The average molecular weight is 335 g/mol. The zero-order valence-electron chi connectivity index (χ0n) is 13.1. The Morgan fingerprint density at radius 3 is 2.43 bits per heavy atom. The number of halogens is 1. The van der Waals surface area contributed by atoms with Crippen LogP contribution >= 0.6 is 10.7 Å². The van der Waals surface area contributed by atoms with Crippen LogP contribution in [0.5, 0.6) is 0 Å². The molecule has 0 aromatic carbocycles. The third-order valence-corrected chi connectivity index (χ3v) is 5.09. The molecule has 1 atom stereocenters. The largest absolute Gasteiger partial charge is 0.350 e. The van der Waals surface area contributed by atoms with Gasteiger partial charge in [0.05, 0.1) is 0 Å². The smallest absolute Gasteiger partial charge is 0.267 e. The van der Waals surface area contributed by atoms with Crippen LogP contribution in [0.4, 0.5) is 0 Å². The number of amides is 1. The predicted octanol–water partition coefficient (Wildman–Crippen LogP) is 2.85. The van der Waals surface area contributed by atoms with E-state index in [2.05, 4.69) is 33.0 Å². The van der Waals surface area contributed by atoms with Gasteiger partial charge < -0.3 is 9.88 Å². The van der Waals surface area contributed by atoms with Crippen molar-refractivity contribution in [1.29, 1.82) is 0 Å². The van der Waals surface area contributed by atoms with Crippen LogP contribution in [0.1, 0.15) is 45.1 Å². The van der Waals surface area contributed by atoms with E-state index < -0.39 is 9.05 Å². The Bertz CT molecular complexity index is 615. The summed E-state index contributed by atoms with van der Waals surface area (Å²) in [5, 5.41) is 2.85. The lowest BCUT2D eigenvalue weighted by atomic mass is 9.82. The van der Waals surface area contributed by atoms with Gasteiger partial charge in [-0.2, -0.15) is 0 Å². The second kappa shape index (κ2) is 6.40. The summed E-state index contributed by atoms with van der Waals surface area (Å²) in [6.45, 7) is 11.2. The summed E-state index contributed by atoms with van der Waals surface area (Å²) in [4.78, 5) is 12.2. The molecular formula is C14H23ClN2O3S. The first-order valence-electron chi connectivity index (χ1n) is 6.89. The van der Waals surface area contributed by atoms with Gasteiger partial charge in [-0.05, 0) is 24.3 Å². The van der Waals surface area contributed by atoms with Gasteiger partial charge in [0.1, 0.15) is 10.6 Å². The number of nitrogens with zero attached hydrogens (tertiary/aromatic N) is 1. The molecule has 7 heteroatoms. The number of hydrogen-bond donors (Lipinski definition) is 1.